The summed E-state index contributed by atoms with van der Waals surface area (Å²) in [6.07, 6.45) is 1.62. The zero-order valence-corrected chi connectivity index (χ0v) is 14.2. The first-order valence-electron chi connectivity index (χ1n) is 7.11. The summed E-state index contributed by atoms with van der Waals surface area (Å²) in [6.45, 7) is 2.29. The Kier molecular flexibility index (Phi) is 6.17. The van der Waals surface area contributed by atoms with Gasteiger partial charge in [-0.2, -0.15) is 5.10 Å². The first kappa shape index (κ1) is 17.0. The molecule has 0 bridgehead atoms. The number of phenols is 1. The van der Waals surface area contributed by atoms with Gasteiger partial charge in [0.1, 0.15) is 0 Å². The van der Waals surface area contributed by atoms with Crippen molar-refractivity contribution >= 4 is 28.1 Å². The molecule has 0 heterocycles. The molecule has 5 nitrogen and oxygen atoms in total. The van der Waals surface area contributed by atoms with E-state index < -0.39 is 0 Å². The van der Waals surface area contributed by atoms with E-state index in [-0.39, 0.29) is 18.1 Å². The van der Waals surface area contributed by atoms with Gasteiger partial charge in [0.25, 0.3) is 0 Å². The van der Waals surface area contributed by atoms with Crippen molar-refractivity contribution < 1.29 is 14.6 Å². The number of phenolic OH excluding ortho intramolecular Hbond substituents is 1. The lowest BCUT2D eigenvalue weighted by molar-refractivity contribution is -0.120. The summed E-state index contributed by atoms with van der Waals surface area (Å²) in [5.74, 6) is 0.155. The molecule has 0 aromatic heterocycles. The van der Waals surface area contributed by atoms with Crippen molar-refractivity contribution in [3.05, 3.63) is 58.1 Å². The fourth-order valence-corrected chi connectivity index (χ4v) is 2.18. The highest BCUT2D eigenvalue weighted by atomic mass is 79.9. The number of nitrogens with one attached hydrogen (secondary N) is 1. The van der Waals surface area contributed by atoms with Gasteiger partial charge in [-0.3, -0.25) is 4.79 Å². The highest BCUT2D eigenvalue weighted by molar-refractivity contribution is 9.10. The molecule has 1 amide bonds. The van der Waals surface area contributed by atoms with Crippen LogP contribution in [-0.2, 0) is 11.2 Å². The van der Waals surface area contributed by atoms with Gasteiger partial charge in [0.05, 0.1) is 19.2 Å². The number of halogens is 1. The van der Waals surface area contributed by atoms with Crippen LogP contribution < -0.4 is 10.2 Å². The molecule has 0 saturated heterocycles. The Labute approximate surface area is 143 Å². The fraction of sp³-hybridized carbons (Fsp3) is 0.176. The number of nitrogens with zero attached hydrogens (tertiary/aromatic N) is 1. The van der Waals surface area contributed by atoms with E-state index >= 15 is 0 Å². The predicted molar refractivity (Wildman–Crippen MR) is 92.9 cm³/mol. The average Bonchev–Trinajstić information content (AvgIpc) is 2.53. The van der Waals surface area contributed by atoms with E-state index in [2.05, 4.69) is 26.5 Å². The van der Waals surface area contributed by atoms with Gasteiger partial charge in [0.15, 0.2) is 11.5 Å². The van der Waals surface area contributed by atoms with E-state index in [1.165, 1.54) is 6.21 Å². The second-order valence-electron chi connectivity index (χ2n) is 4.72. The summed E-state index contributed by atoms with van der Waals surface area (Å²) in [5.41, 5.74) is 3.80. The average molecular weight is 377 g/mol. The third-order valence-electron chi connectivity index (χ3n) is 3.00. The second kappa shape index (κ2) is 8.33. The molecular formula is C17H17BrN2O3. The number of hydrogen-bond donors (Lipinski definition) is 2. The molecule has 23 heavy (non-hydrogen) atoms. The number of hydrazone groups is 1. The number of aromatic hydroxyl groups is 1. The van der Waals surface area contributed by atoms with Crippen molar-refractivity contribution in [2.24, 2.45) is 5.10 Å². The van der Waals surface area contributed by atoms with Crippen molar-refractivity contribution in [2.45, 2.75) is 13.3 Å². The Bertz CT molecular complexity index is 699. The smallest absolute Gasteiger partial charge is 0.244 e. The lowest BCUT2D eigenvalue weighted by Gasteiger charge is -2.07. The van der Waals surface area contributed by atoms with Gasteiger partial charge < -0.3 is 9.84 Å². The third kappa shape index (κ3) is 5.10. The molecule has 0 aliphatic heterocycles. The zero-order valence-electron chi connectivity index (χ0n) is 12.6. The SMILES string of the molecule is CCOc1cccc(C=NNC(=O)Cc2ccc(Br)cc2)c1O. The van der Waals surface area contributed by atoms with Crippen molar-refractivity contribution in [2.75, 3.05) is 6.61 Å². The largest absolute Gasteiger partial charge is 0.504 e. The Balaban J connectivity index is 1.94. The lowest BCUT2D eigenvalue weighted by atomic mass is 10.1. The molecule has 2 aromatic carbocycles. The van der Waals surface area contributed by atoms with Gasteiger partial charge in [-0.15, -0.1) is 0 Å². The molecule has 2 aromatic rings. The van der Waals surface area contributed by atoms with E-state index in [0.717, 1.165) is 10.0 Å². The maximum absolute atomic E-state index is 11.8. The van der Waals surface area contributed by atoms with Gasteiger partial charge in [0.2, 0.25) is 5.91 Å². The summed E-state index contributed by atoms with van der Waals surface area (Å²) < 4.78 is 6.25. The van der Waals surface area contributed by atoms with Crippen molar-refractivity contribution in [1.29, 1.82) is 0 Å². The molecule has 0 aliphatic carbocycles. The minimum Gasteiger partial charge on any atom is -0.504 e. The summed E-state index contributed by atoms with van der Waals surface area (Å²) >= 11 is 3.35. The highest BCUT2D eigenvalue weighted by Crippen LogP contribution is 2.28. The molecule has 0 atom stereocenters. The van der Waals surface area contributed by atoms with Crippen molar-refractivity contribution in [3.8, 4) is 11.5 Å². The van der Waals surface area contributed by atoms with Crippen LogP contribution in [0, 0.1) is 0 Å². The summed E-state index contributed by atoms with van der Waals surface area (Å²) in [7, 11) is 0. The zero-order chi connectivity index (χ0) is 16.7. The number of benzene rings is 2. The number of carbonyl (C=O) groups is 1. The van der Waals surface area contributed by atoms with Crippen LogP contribution >= 0.6 is 15.9 Å². The number of amides is 1. The van der Waals surface area contributed by atoms with Crippen LogP contribution in [-0.4, -0.2) is 23.8 Å². The molecule has 0 radical (unpaired) electrons. The van der Waals surface area contributed by atoms with E-state index in [4.69, 9.17) is 4.74 Å². The molecule has 0 unspecified atom stereocenters. The molecule has 120 valence electrons. The topological polar surface area (TPSA) is 70.9 Å². The number of carbonyl (C=O) groups excluding carboxylic acids is 1. The van der Waals surface area contributed by atoms with Gasteiger partial charge in [0, 0.05) is 10.0 Å². The first-order valence-corrected chi connectivity index (χ1v) is 7.90. The van der Waals surface area contributed by atoms with E-state index in [9.17, 15) is 9.90 Å². The second-order valence-corrected chi connectivity index (χ2v) is 5.64. The van der Waals surface area contributed by atoms with E-state index in [1.807, 2.05) is 31.2 Å². The number of para-hydroxylation sites is 1. The molecule has 0 fully saturated rings. The molecular weight excluding hydrogens is 360 g/mol. The molecule has 0 spiro atoms. The molecule has 2 rings (SSSR count). The van der Waals surface area contributed by atoms with Crippen molar-refractivity contribution in [3.63, 3.8) is 0 Å². The quantitative estimate of drug-likeness (QED) is 0.600. The van der Waals surface area contributed by atoms with Crippen LogP contribution in [0.5, 0.6) is 11.5 Å². The minimum absolute atomic E-state index is 0.000239. The van der Waals surface area contributed by atoms with Gasteiger partial charge >= 0.3 is 0 Å². The van der Waals surface area contributed by atoms with Crippen LogP contribution in [0.15, 0.2) is 52.0 Å². The maximum atomic E-state index is 11.8. The van der Waals surface area contributed by atoms with Crippen molar-refractivity contribution in [1.82, 2.24) is 5.43 Å². The lowest BCUT2D eigenvalue weighted by Crippen LogP contribution is -2.19. The van der Waals surface area contributed by atoms with E-state index in [1.54, 1.807) is 18.2 Å². The fourth-order valence-electron chi connectivity index (χ4n) is 1.92. The number of rotatable bonds is 6. The summed E-state index contributed by atoms with van der Waals surface area (Å²) in [4.78, 5) is 11.8. The normalized spacial score (nSPS) is 10.7. The highest BCUT2D eigenvalue weighted by Gasteiger charge is 2.06. The molecule has 0 saturated carbocycles. The van der Waals surface area contributed by atoms with Gasteiger partial charge in [-0.1, -0.05) is 34.1 Å². The van der Waals surface area contributed by atoms with E-state index in [0.29, 0.717) is 17.9 Å². The third-order valence-corrected chi connectivity index (χ3v) is 3.53. The van der Waals surface area contributed by atoms with Crippen LogP contribution in [0.1, 0.15) is 18.1 Å². The Hall–Kier alpha value is -2.34. The summed E-state index contributed by atoms with van der Waals surface area (Å²) in [5, 5.41) is 13.9. The number of hydrogen-bond acceptors (Lipinski definition) is 4. The van der Waals surface area contributed by atoms with Crippen LogP contribution in [0.3, 0.4) is 0 Å². The molecule has 0 aliphatic rings. The Morgan fingerprint density at radius 2 is 2.04 bits per heavy atom. The molecule has 6 heteroatoms. The summed E-state index contributed by atoms with van der Waals surface area (Å²) in [6, 6.07) is 12.6. The monoisotopic (exact) mass is 376 g/mol. The Morgan fingerprint density at radius 3 is 2.74 bits per heavy atom. The number of ether oxygens (including phenoxy) is 1. The molecule has 2 N–H and O–H groups in total. The van der Waals surface area contributed by atoms with Gasteiger partial charge in [-0.05, 0) is 36.8 Å². The minimum atomic E-state index is -0.232. The first-order chi connectivity index (χ1) is 11.1. The predicted octanol–water partition coefficient (Wildman–Crippen LogP) is 3.25. The van der Waals surface area contributed by atoms with Crippen LogP contribution in [0.25, 0.3) is 0 Å². The maximum Gasteiger partial charge on any atom is 0.244 e. The van der Waals surface area contributed by atoms with Gasteiger partial charge in [-0.25, -0.2) is 5.43 Å². The van der Waals surface area contributed by atoms with Crippen LogP contribution in [0.4, 0.5) is 0 Å². The Morgan fingerprint density at radius 1 is 1.30 bits per heavy atom. The van der Waals surface area contributed by atoms with Crippen LogP contribution in [0.2, 0.25) is 0 Å². The standard InChI is InChI=1S/C17H17BrN2O3/c1-2-23-15-5-3-4-13(17(15)22)11-19-20-16(21)10-12-6-8-14(18)9-7-12/h3-9,11,22H,2,10H2,1H3,(H,20,21).